The highest BCUT2D eigenvalue weighted by Gasteiger charge is 2.46. The summed E-state index contributed by atoms with van der Waals surface area (Å²) in [6, 6.07) is 11.5. The van der Waals surface area contributed by atoms with Gasteiger partial charge < -0.3 is 14.7 Å². The van der Waals surface area contributed by atoms with Gasteiger partial charge in [-0.3, -0.25) is 14.4 Å². The number of amides is 2. The van der Waals surface area contributed by atoms with Crippen LogP contribution in [-0.2, 0) is 29.4 Å². The molecule has 2 aliphatic heterocycles. The molecule has 2 aromatic carbocycles. The number of imide groups is 1. The van der Waals surface area contributed by atoms with E-state index < -0.39 is 23.2 Å². The lowest BCUT2D eigenvalue weighted by Gasteiger charge is -2.23. The number of unbranched alkanes of at least 4 members (excludes halogenated alkanes) is 2. The molecule has 0 saturated carbocycles. The van der Waals surface area contributed by atoms with Crippen LogP contribution in [-0.4, -0.2) is 57.7 Å². The Morgan fingerprint density at radius 2 is 1.74 bits per heavy atom. The Morgan fingerprint density at radius 1 is 1.05 bits per heavy atom. The Morgan fingerprint density at radius 3 is 2.38 bits per heavy atom. The molecule has 2 aromatic rings. The second-order valence-electron chi connectivity index (χ2n) is 11.0. The number of benzene rings is 2. The maximum absolute atomic E-state index is 14.3. The number of ether oxygens (including phenoxy) is 1. The summed E-state index contributed by atoms with van der Waals surface area (Å²) in [6.45, 7) is 4.41. The first-order valence-corrected chi connectivity index (χ1v) is 13.9. The number of allylic oxidation sites excluding steroid dienone is 3. The number of ketones is 1. The maximum atomic E-state index is 14.3. The van der Waals surface area contributed by atoms with Crippen molar-refractivity contribution in [2.75, 3.05) is 13.7 Å². The number of hydrogen-bond donors (Lipinski definition) is 1. The number of aliphatic hydroxyl groups excluding tert-OH is 1. The Hall–Kier alpha value is -4.60. The number of Topliss-reactive ketones (excluding diaryl/α,β-unsaturated/α-hetero) is 1. The van der Waals surface area contributed by atoms with Gasteiger partial charge >= 0.3 is 5.97 Å². The van der Waals surface area contributed by atoms with Gasteiger partial charge in [0.15, 0.2) is 5.71 Å². The standard InChI is InChI=1S/C32H31FN2O7/c1-32(2)23-17-20(33)10-13-24(23)34(16-6-4-5-7-28(38)42-35-26(36)14-15-27(35)37)25(32)18-22-30(39)29(31(22)40)19-8-11-21(41-3)12-9-19/h8-13,17-18H,4-7,14-16H2,1-3H3/p+1. The Balaban J connectivity index is 1.33. The van der Waals surface area contributed by atoms with E-state index in [2.05, 4.69) is 0 Å². The Bertz CT molecular complexity index is 1570. The fraction of sp³-hybridized carbons (Fsp3) is 0.344. The molecule has 218 valence electrons. The maximum Gasteiger partial charge on any atom is 0.333 e. The van der Waals surface area contributed by atoms with Gasteiger partial charge in [-0.25, -0.2) is 9.18 Å². The summed E-state index contributed by atoms with van der Waals surface area (Å²) in [7, 11) is 1.55. The summed E-state index contributed by atoms with van der Waals surface area (Å²) >= 11 is 0. The van der Waals surface area contributed by atoms with E-state index in [1.54, 1.807) is 43.5 Å². The average Bonchev–Trinajstić information content (AvgIpc) is 3.38. The van der Waals surface area contributed by atoms with Gasteiger partial charge in [0.25, 0.3) is 11.8 Å². The number of carbonyl (C=O) groups is 4. The summed E-state index contributed by atoms with van der Waals surface area (Å²) in [5, 5.41) is 11.5. The van der Waals surface area contributed by atoms with Crippen LogP contribution in [0.1, 0.15) is 63.5 Å². The van der Waals surface area contributed by atoms with Gasteiger partial charge in [0, 0.05) is 43.4 Å². The molecule has 2 heterocycles. The van der Waals surface area contributed by atoms with Crippen molar-refractivity contribution in [3.05, 3.63) is 76.8 Å². The average molecular weight is 576 g/mol. The number of carbonyl (C=O) groups excluding carboxylic acids is 4. The van der Waals surface area contributed by atoms with Gasteiger partial charge in [-0.05, 0) is 56.5 Å². The predicted molar refractivity (Wildman–Crippen MR) is 151 cm³/mol. The van der Waals surface area contributed by atoms with Crippen molar-refractivity contribution in [2.24, 2.45) is 0 Å². The van der Waals surface area contributed by atoms with Gasteiger partial charge in [0.05, 0.1) is 23.7 Å². The van der Waals surface area contributed by atoms with Crippen LogP contribution in [0, 0.1) is 5.82 Å². The fourth-order valence-electron chi connectivity index (χ4n) is 5.59. The lowest BCUT2D eigenvalue weighted by atomic mass is 9.77. The summed E-state index contributed by atoms with van der Waals surface area (Å²) in [6.07, 6.45) is 3.59. The van der Waals surface area contributed by atoms with E-state index in [1.165, 1.54) is 12.1 Å². The highest BCUT2D eigenvalue weighted by molar-refractivity contribution is 6.40. The normalized spacial score (nSPS) is 18.6. The predicted octanol–water partition coefficient (Wildman–Crippen LogP) is 4.86. The molecule has 5 rings (SSSR count). The van der Waals surface area contributed by atoms with Gasteiger partial charge in [0.2, 0.25) is 11.5 Å². The molecule has 10 heteroatoms. The van der Waals surface area contributed by atoms with E-state index in [0.717, 1.165) is 17.0 Å². The van der Waals surface area contributed by atoms with E-state index in [9.17, 15) is 28.7 Å². The van der Waals surface area contributed by atoms with Crippen molar-refractivity contribution >= 4 is 40.5 Å². The molecule has 1 aliphatic carbocycles. The van der Waals surface area contributed by atoms with Crippen molar-refractivity contribution in [1.82, 2.24) is 5.06 Å². The second kappa shape index (κ2) is 11.3. The first-order chi connectivity index (χ1) is 20.0. The van der Waals surface area contributed by atoms with Gasteiger partial charge in [-0.1, -0.05) is 12.1 Å². The third-order valence-electron chi connectivity index (χ3n) is 7.94. The number of hydrogen-bond acceptors (Lipinski definition) is 7. The molecule has 0 unspecified atom stereocenters. The number of fused-ring (bicyclic) bond motifs is 1. The lowest BCUT2D eigenvalue weighted by molar-refractivity contribution is -0.438. The van der Waals surface area contributed by atoms with E-state index in [0.29, 0.717) is 42.2 Å². The van der Waals surface area contributed by atoms with Crippen molar-refractivity contribution in [3.63, 3.8) is 0 Å². The third kappa shape index (κ3) is 5.24. The Kier molecular flexibility index (Phi) is 7.81. The molecular weight excluding hydrogens is 543 g/mol. The van der Waals surface area contributed by atoms with Crippen LogP contribution < -0.4 is 4.74 Å². The van der Waals surface area contributed by atoms with Crippen molar-refractivity contribution < 1.29 is 42.8 Å². The molecule has 0 radical (unpaired) electrons. The minimum Gasteiger partial charge on any atom is -0.506 e. The number of rotatable bonds is 10. The minimum atomic E-state index is -0.653. The molecule has 0 atom stereocenters. The quantitative estimate of drug-likeness (QED) is 0.186. The first kappa shape index (κ1) is 28.9. The van der Waals surface area contributed by atoms with Crippen molar-refractivity contribution in [3.8, 4) is 5.75 Å². The molecular formula is C32H32FN2O7+. The van der Waals surface area contributed by atoms with Crippen LogP contribution in [0.15, 0.2) is 59.9 Å². The topological polar surface area (TPSA) is 113 Å². The first-order valence-electron chi connectivity index (χ1n) is 13.9. The summed E-state index contributed by atoms with van der Waals surface area (Å²) in [5.74, 6) is -1.77. The molecule has 42 heavy (non-hydrogen) atoms. The van der Waals surface area contributed by atoms with E-state index in [4.69, 9.17) is 9.57 Å². The molecule has 1 N–H and O–H groups in total. The largest absolute Gasteiger partial charge is 0.506 e. The van der Waals surface area contributed by atoms with Crippen LogP contribution in [0.4, 0.5) is 10.1 Å². The summed E-state index contributed by atoms with van der Waals surface area (Å²) < 4.78 is 21.5. The second-order valence-corrected chi connectivity index (χ2v) is 11.0. The number of hydroxylamine groups is 2. The summed E-state index contributed by atoms with van der Waals surface area (Å²) in [4.78, 5) is 53.6. The van der Waals surface area contributed by atoms with Crippen LogP contribution >= 0.6 is 0 Å². The zero-order valence-electron chi connectivity index (χ0n) is 23.7. The zero-order chi connectivity index (χ0) is 30.2. The van der Waals surface area contributed by atoms with E-state index >= 15 is 0 Å². The van der Waals surface area contributed by atoms with Gasteiger partial charge in [-0.2, -0.15) is 4.58 Å². The van der Waals surface area contributed by atoms with Crippen LogP contribution in [0.25, 0.3) is 5.57 Å². The fourth-order valence-corrected chi connectivity index (χ4v) is 5.59. The van der Waals surface area contributed by atoms with Gasteiger partial charge in [-0.15, -0.1) is 5.06 Å². The molecule has 2 amide bonds. The smallest absolute Gasteiger partial charge is 0.333 e. The number of halogens is 1. The number of methoxy groups -OCH3 is 1. The molecule has 0 bridgehead atoms. The zero-order valence-corrected chi connectivity index (χ0v) is 23.7. The monoisotopic (exact) mass is 575 g/mol. The molecule has 0 aromatic heterocycles. The molecule has 1 fully saturated rings. The number of aliphatic hydroxyl groups is 1. The van der Waals surface area contributed by atoms with Crippen LogP contribution in [0.3, 0.4) is 0 Å². The summed E-state index contributed by atoms with van der Waals surface area (Å²) in [5.41, 5.74) is 2.69. The van der Waals surface area contributed by atoms with E-state index in [1.807, 2.05) is 18.4 Å². The van der Waals surface area contributed by atoms with E-state index in [-0.39, 0.29) is 47.8 Å². The van der Waals surface area contributed by atoms with Gasteiger partial charge in [0.1, 0.15) is 23.9 Å². The molecule has 0 spiro atoms. The van der Waals surface area contributed by atoms with Crippen molar-refractivity contribution in [1.29, 1.82) is 0 Å². The van der Waals surface area contributed by atoms with Crippen LogP contribution in [0.5, 0.6) is 5.75 Å². The SMILES string of the molecule is COc1ccc(C2=C(O)/C(=C/C3=[N+](CCCCCC(=O)ON4C(=O)CCC4=O)c4ccc(F)cc4C3(C)C)C2=O)cc1. The molecule has 1 saturated heterocycles. The lowest BCUT2D eigenvalue weighted by Crippen LogP contribution is -2.32. The van der Waals surface area contributed by atoms with Crippen LogP contribution in [0.2, 0.25) is 0 Å². The number of nitrogens with zero attached hydrogens (tertiary/aromatic N) is 2. The highest BCUT2D eigenvalue weighted by Crippen LogP contribution is 2.43. The highest BCUT2D eigenvalue weighted by atomic mass is 19.1. The molecule has 3 aliphatic rings. The third-order valence-corrected chi connectivity index (χ3v) is 7.94. The molecule has 9 nitrogen and oxygen atoms in total. The minimum absolute atomic E-state index is 0.0423. The van der Waals surface area contributed by atoms with Crippen molar-refractivity contribution in [2.45, 2.75) is 57.8 Å². The Labute approximate surface area is 242 Å².